The third kappa shape index (κ3) is 8.56. The number of nitrogens with one attached hydrogen (secondary N) is 2. The van der Waals surface area contributed by atoms with Crippen molar-refractivity contribution in [2.75, 3.05) is 6.54 Å². The molecule has 5 nitrogen and oxygen atoms in total. The van der Waals surface area contributed by atoms with Crippen LogP contribution in [0.5, 0.6) is 0 Å². The summed E-state index contributed by atoms with van der Waals surface area (Å²) >= 11 is 3.18. The summed E-state index contributed by atoms with van der Waals surface area (Å²) in [6, 6.07) is 2.06. The first kappa shape index (κ1) is 24.2. The average Bonchev–Trinajstić information content (AvgIpc) is 2.48. The van der Waals surface area contributed by atoms with Gasteiger partial charge in [-0.25, -0.2) is 13.6 Å². The Balaban J connectivity index is 0.000000758. The highest BCUT2D eigenvalue weighted by molar-refractivity contribution is 9.10. The van der Waals surface area contributed by atoms with Crippen LogP contribution < -0.4 is 10.6 Å². The second kappa shape index (κ2) is 10.4. The summed E-state index contributed by atoms with van der Waals surface area (Å²) in [7, 11) is 0. The molecule has 1 aromatic carbocycles. The zero-order valence-corrected chi connectivity index (χ0v) is 15.6. The van der Waals surface area contributed by atoms with E-state index in [1.54, 1.807) is 6.92 Å². The van der Waals surface area contributed by atoms with Crippen molar-refractivity contribution in [2.45, 2.75) is 39.0 Å². The van der Waals surface area contributed by atoms with Crippen LogP contribution in [0.15, 0.2) is 16.6 Å². The van der Waals surface area contributed by atoms with Crippen molar-refractivity contribution in [3.63, 3.8) is 0 Å². The van der Waals surface area contributed by atoms with Crippen LogP contribution in [0.4, 0.5) is 22.0 Å². The van der Waals surface area contributed by atoms with Gasteiger partial charge in [0.05, 0.1) is 6.54 Å². The lowest BCUT2D eigenvalue weighted by Gasteiger charge is -2.17. The summed E-state index contributed by atoms with van der Waals surface area (Å²) < 4.78 is 59.1. The molecule has 26 heavy (non-hydrogen) atoms. The average molecular weight is 449 g/mol. The number of carboxylic acid groups (broad SMARTS) is 1. The minimum atomic E-state index is -5.08. The summed E-state index contributed by atoms with van der Waals surface area (Å²) in [5.74, 6) is -4.75. The van der Waals surface area contributed by atoms with Gasteiger partial charge < -0.3 is 15.7 Å². The molecule has 0 spiro atoms. The number of carbonyl (C=O) groups excluding carboxylic acids is 1. The number of carbonyl (C=O) groups is 2. The van der Waals surface area contributed by atoms with Gasteiger partial charge in [-0.2, -0.15) is 13.2 Å². The standard InChI is InChI=1S/C13H17BrF2N2O.C2HF3O2/c1-7(2)18-11(19)6-17-8(3)12-9(14)4-5-10(15)13(12)16;3-2(4,5)1(6)7/h4-5,7-8,17H,6H2,1-3H3,(H,18,19);(H,6,7). The van der Waals surface area contributed by atoms with Crippen molar-refractivity contribution >= 4 is 27.8 Å². The minimum Gasteiger partial charge on any atom is -0.475 e. The van der Waals surface area contributed by atoms with Crippen LogP contribution in [0.1, 0.15) is 32.4 Å². The highest BCUT2D eigenvalue weighted by Crippen LogP contribution is 2.27. The van der Waals surface area contributed by atoms with Crippen molar-refractivity contribution < 1.29 is 36.6 Å². The van der Waals surface area contributed by atoms with E-state index in [2.05, 4.69) is 26.6 Å². The fourth-order valence-corrected chi connectivity index (χ4v) is 2.31. The van der Waals surface area contributed by atoms with Gasteiger partial charge in [0.1, 0.15) is 0 Å². The van der Waals surface area contributed by atoms with Crippen LogP contribution in [0, 0.1) is 11.6 Å². The van der Waals surface area contributed by atoms with E-state index in [1.807, 2.05) is 13.8 Å². The fourth-order valence-electron chi connectivity index (χ4n) is 1.66. The Morgan fingerprint density at radius 1 is 1.19 bits per heavy atom. The highest BCUT2D eigenvalue weighted by Gasteiger charge is 2.38. The molecular formula is C15H18BrF5N2O3. The first-order valence-electron chi connectivity index (χ1n) is 7.23. The van der Waals surface area contributed by atoms with Gasteiger partial charge in [-0.15, -0.1) is 0 Å². The van der Waals surface area contributed by atoms with Crippen LogP contribution in [-0.2, 0) is 9.59 Å². The van der Waals surface area contributed by atoms with E-state index in [0.717, 1.165) is 6.07 Å². The molecule has 0 bridgehead atoms. The number of benzene rings is 1. The van der Waals surface area contributed by atoms with Crippen LogP contribution in [0.3, 0.4) is 0 Å². The monoisotopic (exact) mass is 448 g/mol. The van der Waals surface area contributed by atoms with Gasteiger partial charge >= 0.3 is 12.1 Å². The van der Waals surface area contributed by atoms with Crippen molar-refractivity contribution in [1.82, 2.24) is 10.6 Å². The van der Waals surface area contributed by atoms with Crippen molar-refractivity contribution in [3.05, 3.63) is 33.8 Å². The lowest BCUT2D eigenvalue weighted by molar-refractivity contribution is -0.192. The van der Waals surface area contributed by atoms with Crippen molar-refractivity contribution in [1.29, 1.82) is 0 Å². The van der Waals surface area contributed by atoms with E-state index < -0.39 is 29.8 Å². The van der Waals surface area contributed by atoms with Crippen LogP contribution >= 0.6 is 15.9 Å². The topological polar surface area (TPSA) is 78.4 Å². The predicted molar refractivity (Wildman–Crippen MR) is 87.4 cm³/mol. The van der Waals surface area contributed by atoms with Gasteiger partial charge in [-0.05, 0) is 32.9 Å². The number of aliphatic carboxylic acids is 1. The van der Waals surface area contributed by atoms with Gasteiger partial charge in [0.2, 0.25) is 5.91 Å². The highest BCUT2D eigenvalue weighted by atomic mass is 79.9. The molecule has 0 aliphatic carbocycles. The normalized spacial score (nSPS) is 12.2. The molecule has 0 saturated carbocycles. The smallest absolute Gasteiger partial charge is 0.475 e. The Labute approximate surface area is 155 Å². The molecular weight excluding hydrogens is 431 g/mol. The number of halogens is 6. The van der Waals surface area contributed by atoms with E-state index in [4.69, 9.17) is 9.90 Å². The number of hydrogen-bond acceptors (Lipinski definition) is 3. The maximum Gasteiger partial charge on any atom is 0.490 e. The Morgan fingerprint density at radius 2 is 1.69 bits per heavy atom. The van der Waals surface area contributed by atoms with Gasteiger partial charge in [0.15, 0.2) is 11.6 Å². The maximum atomic E-state index is 13.7. The SMILES string of the molecule is CC(C)NC(=O)CNC(C)c1c(Br)ccc(F)c1F.O=C(O)C(F)(F)F. The van der Waals surface area contributed by atoms with Crippen molar-refractivity contribution in [3.8, 4) is 0 Å². The fraction of sp³-hybridized carbons (Fsp3) is 0.467. The summed E-state index contributed by atoms with van der Waals surface area (Å²) in [5, 5.41) is 12.7. The lowest BCUT2D eigenvalue weighted by atomic mass is 10.1. The Bertz CT molecular complexity index is 638. The van der Waals surface area contributed by atoms with E-state index in [-0.39, 0.29) is 24.1 Å². The largest absolute Gasteiger partial charge is 0.490 e. The summed E-state index contributed by atoms with van der Waals surface area (Å²) in [6.07, 6.45) is -5.08. The van der Waals surface area contributed by atoms with Gasteiger partial charge in [-0.1, -0.05) is 15.9 Å². The molecule has 0 aromatic heterocycles. The molecule has 0 saturated heterocycles. The zero-order valence-electron chi connectivity index (χ0n) is 14.0. The first-order chi connectivity index (χ1) is 11.8. The lowest BCUT2D eigenvalue weighted by Crippen LogP contribution is -2.38. The number of hydrogen-bond donors (Lipinski definition) is 3. The molecule has 3 N–H and O–H groups in total. The quantitative estimate of drug-likeness (QED) is 0.475. The molecule has 0 aliphatic heterocycles. The maximum absolute atomic E-state index is 13.7. The minimum absolute atomic E-state index is 0.0434. The van der Waals surface area contributed by atoms with E-state index in [0.29, 0.717) is 4.47 Å². The van der Waals surface area contributed by atoms with Crippen LogP contribution in [0.2, 0.25) is 0 Å². The Hall–Kier alpha value is -1.75. The van der Waals surface area contributed by atoms with Gasteiger partial charge in [-0.3, -0.25) is 4.79 Å². The summed E-state index contributed by atoms with van der Waals surface area (Å²) in [6.45, 7) is 5.42. The molecule has 1 amide bonds. The van der Waals surface area contributed by atoms with Gasteiger partial charge in [0, 0.05) is 22.1 Å². The molecule has 11 heteroatoms. The predicted octanol–water partition coefficient (Wildman–Crippen LogP) is 3.54. The number of rotatable bonds is 5. The molecule has 148 valence electrons. The van der Waals surface area contributed by atoms with Crippen LogP contribution in [0.25, 0.3) is 0 Å². The Morgan fingerprint density at radius 3 is 2.12 bits per heavy atom. The molecule has 0 radical (unpaired) electrons. The van der Waals surface area contributed by atoms with Gasteiger partial charge in [0.25, 0.3) is 0 Å². The molecule has 1 aromatic rings. The number of alkyl halides is 3. The number of amides is 1. The van der Waals surface area contributed by atoms with Crippen LogP contribution in [-0.4, -0.2) is 35.7 Å². The molecule has 0 aliphatic rings. The molecule has 1 rings (SSSR count). The molecule has 0 heterocycles. The zero-order chi connectivity index (χ0) is 20.7. The van der Waals surface area contributed by atoms with Crippen molar-refractivity contribution in [2.24, 2.45) is 0 Å². The first-order valence-corrected chi connectivity index (χ1v) is 8.02. The third-order valence-corrected chi connectivity index (χ3v) is 3.46. The Kier molecular flexibility index (Phi) is 9.71. The second-order valence-corrected chi connectivity index (χ2v) is 6.24. The summed E-state index contributed by atoms with van der Waals surface area (Å²) in [4.78, 5) is 20.4. The molecule has 0 fully saturated rings. The van der Waals surface area contributed by atoms with E-state index in [9.17, 15) is 26.7 Å². The molecule has 1 unspecified atom stereocenters. The second-order valence-electron chi connectivity index (χ2n) is 5.38. The molecule has 1 atom stereocenters. The third-order valence-electron chi connectivity index (χ3n) is 2.77. The van der Waals surface area contributed by atoms with E-state index >= 15 is 0 Å². The summed E-state index contributed by atoms with van der Waals surface area (Å²) in [5.41, 5.74) is 0.178. The number of carboxylic acids is 1. The van der Waals surface area contributed by atoms with E-state index in [1.165, 1.54) is 6.07 Å².